The summed E-state index contributed by atoms with van der Waals surface area (Å²) < 4.78 is 0. The van der Waals surface area contributed by atoms with Gasteiger partial charge in [0.05, 0.1) is 0 Å². The third-order valence-electron chi connectivity index (χ3n) is 5.54. The van der Waals surface area contributed by atoms with Crippen molar-refractivity contribution in [2.45, 2.75) is 58.3 Å². The molecule has 0 unspecified atom stereocenters. The van der Waals surface area contributed by atoms with Crippen LogP contribution in [0.4, 0.5) is 0 Å². The van der Waals surface area contributed by atoms with Crippen LogP contribution in [0.1, 0.15) is 58.3 Å². The average molecular weight is 266 g/mol. The first kappa shape index (κ1) is 15.3. The van der Waals surface area contributed by atoms with Gasteiger partial charge >= 0.3 is 0 Å². The lowest BCUT2D eigenvalue weighted by atomic mass is 9.70. The van der Waals surface area contributed by atoms with Crippen LogP contribution in [0.5, 0.6) is 0 Å². The van der Waals surface area contributed by atoms with Crippen LogP contribution in [0.3, 0.4) is 0 Å². The monoisotopic (exact) mass is 266 g/mol. The first-order chi connectivity index (χ1) is 9.13. The third-order valence-corrected chi connectivity index (χ3v) is 5.54. The van der Waals surface area contributed by atoms with Crippen LogP contribution in [-0.2, 0) is 0 Å². The molecule has 2 nitrogen and oxygen atoms in total. The fraction of sp³-hybridized carbons (Fsp3) is 1.00. The maximum Gasteiger partial charge on any atom is 0.00472 e. The van der Waals surface area contributed by atoms with E-state index >= 15 is 0 Å². The molecule has 2 heteroatoms. The first-order valence-corrected chi connectivity index (χ1v) is 8.47. The SMILES string of the molecule is CNCC1(CN(C)CC2CCCC2)CCC(C)CC1. The molecule has 0 aromatic rings. The molecular formula is C17H34N2. The Balaban J connectivity index is 1.84. The van der Waals surface area contributed by atoms with Gasteiger partial charge in [-0.15, -0.1) is 0 Å². The molecule has 2 aliphatic carbocycles. The van der Waals surface area contributed by atoms with E-state index < -0.39 is 0 Å². The summed E-state index contributed by atoms with van der Waals surface area (Å²) in [5.74, 6) is 1.93. The van der Waals surface area contributed by atoms with E-state index in [0.717, 1.165) is 11.8 Å². The van der Waals surface area contributed by atoms with Crippen LogP contribution in [-0.4, -0.2) is 38.6 Å². The highest BCUT2D eigenvalue weighted by Gasteiger charge is 2.35. The minimum atomic E-state index is 0.550. The van der Waals surface area contributed by atoms with Gasteiger partial charge in [0, 0.05) is 19.6 Å². The second-order valence-electron chi connectivity index (χ2n) is 7.56. The Morgan fingerprint density at radius 3 is 2.32 bits per heavy atom. The Hall–Kier alpha value is -0.0800. The molecule has 0 heterocycles. The Morgan fingerprint density at radius 1 is 1.11 bits per heavy atom. The van der Waals surface area contributed by atoms with Crippen LogP contribution in [0.15, 0.2) is 0 Å². The molecule has 0 amide bonds. The standard InChI is InChI=1S/C17H34N2/c1-15-8-10-17(11-9-15,13-18-2)14-19(3)12-16-6-4-5-7-16/h15-16,18H,4-14H2,1-3H3. The molecule has 2 saturated carbocycles. The molecule has 1 N–H and O–H groups in total. The summed E-state index contributed by atoms with van der Waals surface area (Å²) in [5, 5.41) is 3.47. The van der Waals surface area contributed by atoms with Crippen molar-refractivity contribution < 1.29 is 0 Å². The van der Waals surface area contributed by atoms with Crippen molar-refractivity contribution in [2.24, 2.45) is 17.3 Å². The molecule has 0 bridgehead atoms. The Kier molecular flexibility index (Phi) is 5.70. The predicted molar refractivity (Wildman–Crippen MR) is 83.4 cm³/mol. The second kappa shape index (κ2) is 7.08. The first-order valence-electron chi connectivity index (χ1n) is 8.47. The summed E-state index contributed by atoms with van der Waals surface area (Å²) in [6.07, 6.45) is 11.6. The van der Waals surface area contributed by atoms with Crippen LogP contribution in [0, 0.1) is 17.3 Å². The lowest BCUT2D eigenvalue weighted by molar-refractivity contribution is 0.0936. The molecular weight excluding hydrogens is 232 g/mol. The molecule has 0 atom stereocenters. The van der Waals surface area contributed by atoms with E-state index in [0.29, 0.717) is 5.41 Å². The minimum Gasteiger partial charge on any atom is -0.319 e. The number of hydrogen-bond donors (Lipinski definition) is 1. The van der Waals surface area contributed by atoms with Gasteiger partial charge in [-0.3, -0.25) is 0 Å². The highest BCUT2D eigenvalue weighted by atomic mass is 15.1. The summed E-state index contributed by atoms with van der Waals surface area (Å²) in [6.45, 7) is 6.26. The molecule has 0 spiro atoms. The van der Waals surface area contributed by atoms with E-state index in [1.165, 1.54) is 71.0 Å². The van der Waals surface area contributed by atoms with Crippen molar-refractivity contribution in [3.63, 3.8) is 0 Å². The van der Waals surface area contributed by atoms with Gasteiger partial charge in [0.1, 0.15) is 0 Å². The zero-order chi connectivity index (χ0) is 13.7. The summed E-state index contributed by atoms with van der Waals surface area (Å²) in [6, 6.07) is 0. The van der Waals surface area contributed by atoms with Crippen LogP contribution < -0.4 is 5.32 Å². The maximum absolute atomic E-state index is 3.47. The van der Waals surface area contributed by atoms with E-state index in [2.05, 4.69) is 31.2 Å². The van der Waals surface area contributed by atoms with Crippen molar-refractivity contribution >= 4 is 0 Å². The second-order valence-corrected chi connectivity index (χ2v) is 7.56. The summed E-state index contributed by atoms with van der Waals surface area (Å²) >= 11 is 0. The maximum atomic E-state index is 3.47. The molecule has 0 aromatic carbocycles. The van der Waals surface area contributed by atoms with Crippen LogP contribution in [0.25, 0.3) is 0 Å². The summed E-state index contributed by atoms with van der Waals surface area (Å²) in [5.41, 5.74) is 0.550. The van der Waals surface area contributed by atoms with Gasteiger partial charge in [0.15, 0.2) is 0 Å². The highest BCUT2D eigenvalue weighted by Crippen LogP contribution is 2.39. The zero-order valence-electron chi connectivity index (χ0n) is 13.4. The van der Waals surface area contributed by atoms with Gasteiger partial charge < -0.3 is 10.2 Å². The number of nitrogens with zero attached hydrogens (tertiary/aromatic N) is 1. The zero-order valence-corrected chi connectivity index (χ0v) is 13.4. The van der Waals surface area contributed by atoms with E-state index in [9.17, 15) is 0 Å². The van der Waals surface area contributed by atoms with E-state index in [1.807, 2.05) is 0 Å². The van der Waals surface area contributed by atoms with Gasteiger partial charge in [0.2, 0.25) is 0 Å². The van der Waals surface area contributed by atoms with Crippen LogP contribution in [0.2, 0.25) is 0 Å². The van der Waals surface area contributed by atoms with Crippen molar-refractivity contribution in [1.82, 2.24) is 10.2 Å². The molecule has 0 saturated heterocycles. The number of rotatable bonds is 6. The molecule has 19 heavy (non-hydrogen) atoms. The third kappa shape index (κ3) is 4.46. The van der Waals surface area contributed by atoms with Crippen molar-refractivity contribution in [2.75, 3.05) is 33.7 Å². The molecule has 2 rings (SSSR count). The van der Waals surface area contributed by atoms with Crippen molar-refractivity contribution in [3.8, 4) is 0 Å². The van der Waals surface area contributed by atoms with E-state index in [4.69, 9.17) is 0 Å². The van der Waals surface area contributed by atoms with E-state index in [1.54, 1.807) is 0 Å². The smallest absolute Gasteiger partial charge is 0.00472 e. The topological polar surface area (TPSA) is 15.3 Å². The normalized spacial score (nSPS) is 33.2. The lowest BCUT2D eigenvalue weighted by Crippen LogP contribution is -2.45. The molecule has 0 radical (unpaired) electrons. The highest BCUT2D eigenvalue weighted by molar-refractivity contribution is 4.89. The Bertz CT molecular complexity index is 250. The van der Waals surface area contributed by atoms with Gasteiger partial charge in [-0.2, -0.15) is 0 Å². The fourth-order valence-electron chi connectivity index (χ4n) is 4.41. The minimum absolute atomic E-state index is 0.550. The summed E-state index contributed by atoms with van der Waals surface area (Å²) in [4.78, 5) is 2.64. The Labute approximate surface area is 120 Å². The molecule has 0 aliphatic heterocycles. The van der Waals surface area contributed by atoms with Crippen molar-refractivity contribution in [1.29, 1.82) is 0 Å². The van der Waals surface area contributed by atoms with Gasteiger partial charge in [0.25, 0.3) is 0 Å². The van der Waals surface area contributed by atoms with Gasteiger partial charge in [-0.1, -0.05) is 32.6 Å². The molecule has 2 fully saturated rings. The van der Waals surface area contributed by atoms with Crippen molar-refractivity contribution in [3.05, 3.63) is 0 Å². The molecule has 2 aliphatic rings. The van der Waals surface area contributed by atoms with Gasteiger partial charge in [-0.25, -0.2) is 0 Å². The quantitative estimate of drug-likeness (QED) is 0.791. The Morgan fingerprint density at radius 2 is 1.74 bits per heavy atom. The van der Waals surface area contributed by atoms with Crippen LogP contribution >= 0.6 is 0 Å². The van der Waals surface area contributed by atoms with Gasteiger partial charge in [-0.05, 0) is 57.0 Å². The summed E-state index contributed by atoms with van der Waals surface area (Å²) in [7, 11) is 4.48. The average Bonchev–Trinajstić information content (AvgIpc) is 2.86. The lowest BCUT2D eigenvalue weighted by Gasteiger charge is -2.42. The molecule has 0 aromatic heterocycles. The number of hydrogen-bond acceptors (Lipinski definition) is 2. The molecule has 112 valence electrons. The number of nitrogens with one attached hydrogen (secondary N) is 1. The largest absolute Gasteiger partial charge is 0.319 e. The fourth-order valence-corrected chi connectivity index (χ4v) is 4.41. The predicted octanol–water partition coefficient (Wildman–Crippen LogP) is 3.52. The van der Waals surface area contributed by atoms with E-state index in [-0.39, 0.29) is 0 Å².